The Hall–Kier alpha value is -1.81. The van der Waals surface area contributed by atoms with Crippen molar-refractivity contribution < 1.29 is 4.79 Å². The number of halogens is 1. The van der Waals surface area contributed by atoms with Gasteiger partial charge < -0.3 is 10.3 Å². The second-order valence-electron chi connectivity index (χ2n) is 4.25. The van der Waals surface area contributed by atoms with Crippen molar-refractivity contribution in [2.75, 3.05) is 0 Å². The number of primary amides is 1. The van der Waals surface area contributed by atoms with Gasteiger partial charge in [-0.3, -0.25) is 4.79 Å². The molecule has 1 aromatic heterocycles. The summed E-state index contributed by atoms with van der Waals surface area (Å²) < 4.78 is 2.78. The highest BCUT2D eigenvalue weighted by atomic mass is 79.9. The number of benzene rings is 1. The molecule has 0 radical (unpaired) electrons. The van der Waals surface area contributed by atoms with Gasteiger partial charge in [0.25, 0.3) is 5.91 Å². The van der Waals surface area contributed by atoms with Crippen LogP contribution in [-0.2, 0) is 6.54 Å². The Bertz CT molecular complexity index is 629. The Labute approximate surface area is 120 Å². The van der Waals surface area contributed by atoms with Crippen LogP contribution in [0.4, 0.5) is 0 Å². The zero-order valence-electron chi connectivity index (χ0n) is 10.7. The summed E-state index contributed by atoms with van der Waals surface area (Å²) in [5.41, 5.74) is 8.82. The van der Waals surface area contributed by atoms with Crippen LogP contribution in [0.2, 0.25) is 0 Å². The van der Waals surface area contributed by atoms with Gasteiger partial charge in [0.15, 0.2) is 0 Å². The molecule has 0 atom stereocenters. The van der Waals surface area contributed by atoms with Crippen molar-refractivity contribution in [3.05, 3.63) is 58.7 Å². The van der Waals surface area contributed by atoms with Gasteiger partial charge in [0, 0.05) is 12.2 Å². The first-order valence-electron chi connectivity index (χ1n) is 5.92. The third kappa shape index (κ3) is 2.36. The molecule has 0 aliphatic heterocycles. The molecule has 0 saturated heterocycles. The summed E-state index contributed by atoms with van der Waals surface area (Å²) in [4.78, 5) is 11.6. The fourth-order valence-corrected chi connectivity index (χ4v) is 3.15. The Balaban J connectivity index is 2.75. The van der Waals surface area contributed by atoms with Crippen molar-refractivity contribution in [3.8, 4) is 11.3 Å². The molecule has 4 heteroatoms. The van der Waals surface area contributed by atoms with E-state index in [4.69, 9.17) is 5.73 Å². The van der Waals surface area contributed by atoms with Gasteiger partial charge in [0.2, 0.25) is 0 Å². The first-order valence-corrected chi connectivity index (χ1v) is 6.72. The molecule has 0 aliphatic carbocycles. The maximum Gasteiger partial charge on any atom is 0.251 e. The fourth-order valence-electron chi connectivity index (χ4n) is 2.22. The predicted octanol–water partition coefficient (Wildman–Crippen LogP) is 3.51. The Morgan fingerprint density at radius 3 is 2.58 bits per heavy atom. The fraction of sp³-hybridized carbons (Fsp3) is 0.133. The molecule has 19 heavy (non-hydrogen) atoms. The van der Waals surface area contributed by atoms with Crippen molar-refractivity contribution >= 4 is 21.8 Å². The Morgan fingerprint density at radius 1 is 1.42 bits per heavy atom. The van der Waals surface area contributed by atoms with E-state index in [9.17, 15) is 4.79 Å². The molecule has 0 saturated carbocycles. The van der Waals surface area contributed by atoms with E-state index in [1.165, 1.54) is 0 Å². The Morgan fingerprint density at radius 2 is 2.05 bits per heavy atom. The van der Waals surface area contributed by atoms with Crippen LogP contribution in [0.3, 0.4) is 0 Å². The number of hydrogen-bond acceptors (Lipinski definition) is 1. The van der Waals surface area contributed by atoms with Gasteiger partial charge in [-0.25, -0.2) is 0 Å². The quantitative estimate of drug-likeness (QED) is 0.861. The molecule has 0 fully saturated rings. The lowest BCUT2D eigenvalue weighted by Crippen LogP contribution is -2.12. The monoisotopic (exact) mass is 318 g/mol. The molecule has 0 bridgehead atoms. The number of amides is 1. The van der Waals surface area contributed by atoms with E-state index in [0.29, 0.717) is 12.1 Å². The molecular weight excluding hydrogens is 304 g/mol. The largest absolute Gasteiger partial charge is 0.366 e. The van der Waals surface area contributed by atoms with Gasteiger partial charge in [-0.05, 0) is 28.4 Å². The highest BCUT2D eigenvalue weighted by Gasteiger charge is 2.22. The minimum Gasteiger partial charge on any atom is -0.366 e. The first kappa shape index (κ1) is 13.6. The molecule has 1 aromatic carbocycles. The normalized spacial score (nSPS) is 10.4. The molecule has 1 heterocycles. The molecule has 1 amide bonds. The topological polar surface area (TPSA) is 48.0 Å². The van der Waals surface area contributed by atoms with E-state index in [1.54, 1.807) is 6.08 Å². The molecule has 2 rings (SSSR count). The minimum absolute atomic E-state index is 0.427. The van der Waals surface area contributed by atoms with E-state index < -0.39 is 5.91 Å². The number of nitrogens with zero attached hydrogens (tertiary/aromatic N) is 1. The van der Waals surface area contributed by atoms with Gasteiger partial charge >= 0.3 is 0 Å². The highest BCUT2D eigenvalue weighted by Crippen LogP contribution is 2.35. The first-order chi connectivity index (χ1) is 9.07. The van der Waals surface area contributed by atoms with Crippen LogP contribution >= 0.6 is 15.9 Å². The smallest absolute Gasteiger partial charge is 0.251 e. The van der Waals surface area contributed by atoms with Crippen LogP contribution in [0, 0.1) is 6.92 Å². The van der Waals surface area contributed by atoms with E-state index >= 15 is 0 Å². The van der Waals surface area contributed by atoms with Crippen LogP contribution < -0.4 is 5.73 Å². The van der Waals surface area contributed by atoms with Crippen molar-refractivity contribution in [2.45, 2.75) is 13.5 Å². The molecule has 0 spiro atoms. The lowest BCUT2D eigenvalue weighted by atomic mass is 10.1. The number of carbonyl (C=O) groups excluding carboxylic acids is 1. The summed E-state index contributed by atoms with van der Waals surface area (Å²) in [6, 6.07) is 9.90. The number of nitrogens with two attached hydrogens (primary N) is 1. The van der Waals surface area contributed by atoms with Crippen molar-refractivity contribution in [1.29, 1.82) is 0 Å². The van der Waals surface area contributed by atoms with Gasteiger partial charge in [-0.2, -0.15) is 0 Å². The van der Waals surface area contributed by atoms with Crippen molar-refractivity contribution in [1.82, 2.24) is 4.57 Å². The molecule has 2 N–H and O–H groups in total. The van der Waals surface area contributed by atoms with E-state index in [2.05, 4.69) is 22.5 Å². The summed E-state index contributed by atoms with van der Waals surface area (Å²) in [6.07, 6.45) is 1.80. The molecular formula is C15H15BrN2O. The van der Waals surface area contributed by atoms with E-state index in [0.717, 1.165) is 21.4 Å². The second-order valence-corrected chi connectivity index (χ2v) is 5.05. The SMILES string of the molecule is C=CCn1c(C)c(C(N)=O)c(Br)c1-c1ccccc1. The zero-order chi connectivity index (χ0) is 14.0. The average molecular weight is 319 g/mol. The molecule has 0 aliphatic rings. The average Bonchev–Trinajstić information content (AvgIpc) is 2.63. The number of aromatic nitrogens is 1. The van der Waals surface area contributed by atoms with Gasteiger partial charge in [-0.1, -0.05) is 36.4 Å². The summed E-state index contributed by atoms with van der Waals surface area (Å²) >= 11 is 3.50. The molecule has 98 valence electrons. The summed E-state index contributed by atoms with van der Waals surface area (Å²) in [7, 11) is 0. The van der Waals surface area contributed by atoms with Crippen molar-refractivity contribution in [3.63, 3.8) is 0 Å². The van der Waals surface area contributed by atoms with Crippen LogP contribution in [0.1, 0.15) is 16.1 Å². The minimum atomic E-state index is -0.427. The third-order valence-electron chi connectivity index (χ3n) is 3.07. The van der Waals surface area contributed by atoms with Gasteiger partial charge in [0.05, 0.1) is 15.7 Å². The number of hydrogen-bond donors (Lipinski definition) is 1. The lowest BCUT2D eigenvalue weighted by Gasteiger charge is -2.09. The van der Waals surface area contributed by atoms with E-state index in [-0.39, 0.29) is 0 Å². The predicted molar refractivity (Wildman–Crippen MR) is 81.0 cm³/mol. The number of carbonyl (C=O) groups is 1. The lowest BCUT2D eigenvalue weighted by molar-refractivity contribution is 0.0999. The van der Waals surface area contributed by atoms with Crippen LogP contribution in [0.15, 0.2) is 47.5 Å². The number of rotatable bonds is 4. The van der Waals surface area contributed by atoms with Crippen LogP contribution in [0.5, 0.6) is 0 Å². The van der Waals surface area contributed by atoms with E-state index in [1.807, 2.05) is 41.8 Å². The van der Waals surface area contributed by atoms with Gasteiger partial charge in [-0.15, -0.1) is 6.58 Å². The van der Waals surface area contributed by atoms with Crippen molar-refractivity contribution in [2.24, 2.45) is 5.73 Å². The summed E-state index contributed by atoms with van der Waals surface area (Å²) in [5.74, 6) is -0.427. The molecule has 2 aromatic rings. The summed E-state index contributed by atoms with van der Waals surface area (Å²) in [5, 5.41) is 0. The second kappa shape index (κ2) is 5.45. The maximum atomic E-state index is 11.6. The summed E-state index contributed by atoms with van der Waals surface area (Å²) in [6.45, 7) is 6.28. The highest BCUT2D eigenvalue weighted by molar-refractivity contribution is 9.10. The maximum absolute atomic E-state index is 11.6. The molecule has 0 unspecified atom stereocenters. The Kier molecular flexibility index (Phi) is 3.90. The zero-order valence-corrected chi connectivity index (χ0v) is 12.3. The van der Waals surface area contributed by atoms with Crippen LogP contribution in [0.25, 0.3) is 11.3 Å². The standard InChI is InChI=1S/C15H15BrN2O/c1-3-9-18-10(2)12(15(17)19)13(16)14(18)11-7-5-4-6-8-11/h3-8H,1,9H2,2H3,(H2,17,19). The van der Waals surface area contributed by atoms with Gasteiger partial charge in [0.1, 0.15) is 0 Å². The third-order valence-corrected chi connectivity index (χ3v) is 3.84. The number of allylic oxidation sites excluding steroid dienone is 1. The molecule has 3 nitrogen and oxygen atoms in total. The van der Waals surface area contributed by atoms with Crippen LogP contribution in [-0.4, -0.2) is 10.5 Å².